The van der Waals surface area contributed by atoms with Crippen LogP contribution < -0.4 is 5.32 Å². The summed E-state index contributed by atoms with van der Waals surface area (Å²) in [4.78, 5) is 34.2. The lowest BCUT2D eigenvalue weighted by molar-refractivity contribution is -0.123. The number of carbonyl (C=O) groups is 1. The van der Waals surface area contributed by atoms with Crippen LogP contribution in [0.1, 0.15) is 26.3 Å². The molecule has 3 N–H and O–H groups in total. The highest BCUT2D eigenvalue weighted by molar-refractivity contribution is 5.96. The van der Waals surface area contributed by atoms with Crippen molar-refractivity contribution in [3.63, 3.8) is 0 Å². The Morgan fingerprint density at radius 1 is 0.923 bits per heavy atom. The van der Waals surface area contributed by atoms with Gasteiger partial charge in [0.05, 0.1) is 34.3 Å². The van der Waals surface area contributed by atoms with E-state index >= 15 is 0 Å². The Morgan fingerprint density at radius 2 is 1.74 bits per heavy atom. The molecule has 5 heterocycles. The number of pyridine rings is 3. The summed E-state index contributed by atoms with van der Waals surface area (Å²) in [5, 5.41) is 10.4. The quantitative estimate of drug-likeness (QED) is 0.260. The van der Waals surface area contributed by atoms with E-state index in [1.165, 1.54) is 12.1 Å². The smallest absolute Gasteiger partial charge is 0.229 e. The van der Waals surface area contributed by atoms with Crippen molar-refractivity contribution in [3.05, 3.63) is 72.4 Å². The summed E-state index contributed by atoms with van der Waals surface area (Å²) in [6.07, 6.45) is 4.97. The van der Waals surface area contributed by atoms with Crippen molar-refractivity contribution < 1.29 is 9.18 Å². The van der Waals surface area contributed by atoms with Crippen molar-refractivity contribution in [3.8, 4) is 34.0 Å². The van der Waals surface area contributed by atoms with Gasteiger partial charge >= 0.3 is 0 Å². The van der Waals surface area contributed by atoms with Crippen LogP contribution in [0.5, 0.6) is 0 Å². The normalized spacial score (nSPS) is 11.8. The van der Waals surface area contributed by atoms with Crippen molar-refractivity contribution in [1.29, 1.82) is 0 Å². The summed E-state index contributed by atoms with van der Waals surface area (Å²) in [6, 6.07) is 12.2. The van der Waals surface area contributed by atoms with Crippen molar-refractivity contribution in [2.24, 2.45) is 5.41 Å². The summed E-state index contributed by atoms with van der Waals surface area (Å²) in [6.45, 7) is 7.40. The van der Waals surface area contributed by atoms with Gasteiger partial charge in [0.1, 0.15) is 16.9 Å². The lowest BCUT2D eigenvalue weighted by atomic mass is 9.95. The number of nitrogens with zero attached hydrogens (tertiary/aromatic N) is 5. The number of hydrogen-bond acceptors (Lipinski definition) is 6. The second kappa shape index (κ2) is 9.09. The molecule has 1 amide bonds. The van der Waals surface area contributed by atoms with Gasteiger partial charge < -0.3 is 10.3 Å². The first-order chi connectivity index (χ1) is 18.7. The van der Waals surface area contributed by atoms with Crippen LogP contribution in [0.4, 0.5) is 10.1 Å². The first kappa shape index (κ1) is 24.4. The van der Waals surface area contributed by atoms with Crippen LogP contribution in [0.15, 0.2) is 61.1 Å². The summed E-state index contributed by atoms with van der Waals surface area (Å²) in [7, 11) is 0. The van der Waals surface area contributed by atoms with Crippen molar-refractivity contribution in [2.45, 2.75) is 27.7 Å². The van der Waals surface area contributed by atoms with Gasteiger partial charge in [-0.2, -0.15) is 5.10 Å². The molecule has 39 heavy (non-hydrogen) atoms. The summed E-state index contributed by atoms with van der Waals surface area (Å²) < 4.78 is 14.1. The number of rotatable bonds is 4. The second-order valence-electron chi connectivity index (χ2n) is 10.5. The Kier molecular flexibility index (Phi) is 5.67. The maximum atomic E-state index is 14.1. The zero-order valence-corrected chi connectivity index (χ0v) is 21.8. The Balaban J connectivity index is 1.41. The second-order valence-corrected chi connectivity index (χ2v) is 10.5. The number of H-pyrrole nitrogens is 2. The van der Waals surface area contributed by atoms with Crippen LogP contribution in [0.2, 0.25) is 0 Å². The minimum absolute atomic E-state index is 0.103. The fourth-order valence-electron chi connectivity index (χ4n) is 4.32. The molecule has 0 saturated heterocycles. The van der Waals surface area contributed by atoms with E-state index in [0.29, 0.717) is 45.2 Å². The van der Waals surface area contributed by atoms with Gasteiger partial charge in [-0.05, 0) is 55.0 Å². The summed E-state index contributed by atoms with van der Waals surface area (Å²) in [5.74, 6) is 0.0767. The molecule has 0 aliphatic rings. The summed E-state index contributed by atoms with van der Waals surface area (Å²) >= 11 is 0. The van der Waals surface area contributed by atoms with Gasteiger partial charge in [0, 0.05) is 28.9 Å². The number of fused-ring (bicyclic) bond motifs is 2. The number of halogens is 1. The number of hydrogen-bond donors (Lipinski definition) is 3. The van der Waals surface area contributed by atoms with E-state index in [1.54, 1.807) is 18.6 Å². The molecule has 0 fully saturated rings. The van der Waals surface area contributed by atoms with Crippen molar-refractivity contribution >= 4 is 33.7 Å². The van der Waals surface area contributed by atoms with E-state index in [4.69, 9.17) is 9.97 Å². The lowest BCUT2D eigenvalue weighted by Gasteiger charge is -2.17. The molecule has 0 saturated carbocycles. The molecule has 10 heteroatoms. The fraction of sp³-hybridized carbons (Fsp3) is 0.172. The van der Waals surface area contributed by atoms with Gasteiger partial charge in [-0.3, -0.25) is 19.9 Å². The molecule has 0 spiro atoms. The van der Waals surface area contributed by atoms with Gasteiger partial charge in [-0.1, -0.05) is 20.8 Å². The van der Waals surface area contributed by atoms with E-state index in [1.807, 2.05) is 58.0 Å². The highest BCUT2D eigenvalue weighted by atomic mass is 19.1. The molecule has 0 aliphatic heterocycles. The minimum atomic E-state index is -0.533. The first-order valence-corrected chi connectivity index (χ1v) is 12.4. The van der Waals surface area contributed by atoms with Gasteiger partial charge in [-0.25, -0.2) is 14.4 Å². The molecule has 194 valence electrons. The van der Waals surface area contributed by atoms with E-state index < -0.39 is 5.41 Å². The number of imidazole rings is 1. The zero-order valence-electron chi connectivity index (χ0n) is 21.8. The van der Waals surface area contributed by atoms with Gasteiger partial charge in [-0.15, -0.1) is 0 Å². The molecule has 1 aromatic carbocycles. The third-order valence-electron chi connectivity index (χ3n) is 6.32. The lowest BCUT2D eigenvalue weighted by Crippen LogP contribution is -2.27. The molecule has 5 aromatic heterocycles. The minimum Gasteiger partial charge on any atom is -0.336 e. The molecule has 6 aromatic rings. The first-order valence-electron chi connectivity index (χ1n) is 12.4. The van der Waals surface area contributed by atoms with Crippen LogP contribution in [-0.2, 0) is 4.79 Å². The number of aryl methyl sites for hydroxylation is 1. The van der Waals surface area contributed by atoms with Crippen molar-refractivity contribution in [2.75, 3.05) is 5.32 Å². The number of nitrogens with one attached hydrogen (secondary N) is 3. The monoisotopic (exact) mass is 520 g/mol. The van der Waals surface area contributed by atoms with Crippen molar-refractivity contribution in [1.82, 2.24) is 35.1 Å². The maximum Gasteiger partial charge on any atom is 0.229 e. The number of carbonyl (C=O) groups excluding carboxylic acids is 1. The highest BCUT2D eigenvalue weighted by Crippen LogP contribution is 2.31. The molecule has 0 aliphatic carbocycles. The van der Waals surface area contributed by atoms with E-state index in [2.05, 4.69) is 30.5 Å². The highest BCUT2D eigenvalue weighted by Gasteiger charge is 2.22. The van der Waals surface area contributed by atoms with Gasteiger partial charge in [0.25, 0.3) is 0 Å². The number of anilines is 1. The fourth-order valence-corrected chi connectivity index (χ4v) is 4.32. The maximum absolute atomic E-state index is 14.1. The standard InChI is InChI=1S/C29H25FN8O/c1-15-9-16(11-18(30)10-15)23-24-21(7-8-32-23)35-27(36-24)26-25-22(37-38-26)6-5-20(34-25)17-12-19(14-31-13-17)33-28(39)29(2,3)4/h5-14H,1-4H3,(H,33,39)(H,35,36)(H,37,38). The number of aromatic amines is 2. The topological polar surface area (TPSA) is 125 Å². The molecule has 6 rings (SSSR count). The SMILES string of the molecule is Cc1cc(F)cc(-c2nccc3[nH]c(-c4n[nH]c5ccc(-c6cncc(NC(=O)C(C)(C)C)c6)nc45)nc23)c1. The Hall–Kier alpha value is -4.99. The molecular formula is C29H25FN8O. The Bertz CT molecular complexity index is 1860. The van der Waals surface area contributed by atoms with Gasteiger partial charge in [0.2, 0.25) is 5.91 Å². The molecule has 0 unspecified atom stereocenters. The molecule has 0 radical (unpaired) electrons. The zero-order chi connectivity index (χ0) is 27.3. The number of amides is 1. The third-order valence-corrected chi connectivity index (χ3v) is 6.32. The Labute approximate surface area is 223 Å². The molecule has 9 nitrogen and oxygen atoms in total. The summed E-state index contributed by atoms with van der Waals surface area (Å²) in [5.41, 5.74) is 6.73. The van der Waals surface area contributed by atoms with Crippen LogP contribution in [0.25, 0.3) is 56.1 Å². The largest absolute Gasteiger partial charge is 0.336 e. The number of benzene rings is 1. The van der Waals surface area contributed by atoms with Crippen LogP contribution in [-0.4, -0.2) is 41.0 Å². The molecule has 0 atom stereocenters. The van der Waals surface area contributed by atoms with Crippen LogP contribution in [0.3, 0.4) is 0 Å². The van der Waals surface area contributed by atoms with Crippen LogP contribution in [0, 0.1) is 18.2 Å². The van der Waals surface area contributed by atoms with Crippen LogP contribution >= 0.6 is 0 Å². The molecular weight excluding hydrogens is 495 g/mol. The average Bonchev–Trinajstić information content (AvgIpc) is 3.51. The van der Waals surface area contributed by atoms with Gasteiger partial charge in [0.15, 0.2) is 11.5 Å². The third kappa shape index (κ3) is 4.61. The van der Waals surface area contributed by atoms with E-state index in [-0.39, 0.29) is 11.7 Å². The number of aromatic nitrogens is 7. The predicted octanol–water partition coefficient (Wildman–Crippen LogP) is 6.06. The molecule has 0 bridgehead atoms. The Morgan fingerprint density at radius 3 is 2.54 bits per heavy atom. The van der Waals surface area contributed by atoms with E-state index in [0.717, 1.165) is 22.2 Å². The average molecular weight is 521 g/mol. The predicted molar refractivity (Wildman–Crippen MR) is 148 cm³/mol. The van der Waals surface area contributed by atoms with E-state index in [9.17, 15) is 9.18 Å².